The zero-order chi connectivity index (χ0) is 15.9. The van der Waals surface area contributed by atoms with Gasteiger partial charge in [-0.3, -0.25) is 4.79 Å². The van der Waals surface area contributed by atoms with Gasteiger partial charge >= 0.3 is 0 Å². The Morgan fingerprint density at radius 2 is 1.95 bits per heavy atom. The Kier molecular flexibility index (Phi) is 6.40. The molecule has 0 aromatic heterocycles. The van der Waals surface area contributed by atoms with Crippen LogP contribution in [0.3, 0.4) is 0 Å². The fourth-order valence-electron chi connectivity index (χ4n) is 2.90. The number of carbonyl (C=O) groups excluding carboxylic acids is 1. The van der Waals surface area contributed by atoms with Crippen LogP contribution in [0.4, 0.5) is 0 Å². The minimum atomic E-state index is -0.444. The van der Waals surface area contributed by atoms with E-state index in [-0.39, 0.29) is 5.78 Å². The van der Waals surface area contributed by atoms with Crippen molar-refractivity contribution < 1.29 is 19.5 Å². The number of carbonyl (C=O) groups is 1. The normalized spacial score (nSPS) is 23.0. The maximum absolute atomic E-state index is 11.6. The van der Waals surface area contributed by atoms with Crippen molar-refractivity contribution in [2.45, 2.75) is 39.2 Å². The zero-order valence-electron chi connectivity index (χ0n) is 13.7. The van der Waals surface area contributed by atoms with Crippen molar-refractivity contribution in [1.29, 1.82) is 0 Å². The molecule has 0 spiro atoms. The van der Waals surface area contributed by atoms with Crippen LogP contribution in [0.15, 0.2) is 24.3 Å². The van der Waals surface area contributed by atoms with Crippen molar-refractivity contribution in [2.24, 2.45) is 5.92 Å². The molecule has 1 saturated heterocycles. The number of hydrogen-bond donors (Lipinski definition) is 2. The number of hydrogen-bond acceptors (Lipinski definition) is 3. The predicted molar refractivity (Wildman–Crippen MR) is 86.5 cm³/mol. The summed E-state index contributed by atoms with van der Waals surface area (Å²) in [6.07, 6.45) is 2.56. The molecule has 1 aromatic rings. The number of quaternary nitrogens is 1. The van der Waals surface area contributed by atoms with Gasteiger partial charge in [0.15, 0.2) is 5.78 Å². The summed E-state index contributed by atoms with van der Waals surface area (Å²) < 4.78 is 5.62. The van der Waals surface area contributed by atoms with E-state index >= 15 is 0 Å². The summed E-state index contributed by atoms with van der Waals surface area (Å²) in [4.78, 5) is 13.0. The molecule has 1 fully saturated rings. The molecule has 0 aliphatic carbocycles. The van der Waals surface area contributed by atoms with Crippen LogP contribution in [-0.4, -0.2) is 43.2 Å². The Hall–Kier alpha value is -1.39. The number of likely N-dealkylation sites (tertiary alicyclic amines) is 1. The number of rotatable bonds is 7. The zero-order valence-corrected chi connectivity index (χ0v) is 13.7. The number of nitrogens with one attached hydrogen (secondary N) is 1. The summed E-state index contributed by atoms with van der Waals surface area (Å²) in [6, 6.07) is 7.16. The van der Waals surface area contributed by atoms with Crippen LogP contribution < -0.4 is 9.64 Å². The molecule has 0 radical (unpaired) electrons. The fraction of sp³-hybridized carbons (Fsp3) is 0.611. The van der Waals surface area contributed by atoms with Crippen molar-refractivity contribution in [3.8, 4) is 5.75 Å². The molecule has 122 valence electrons. The van der Waals surface area contributed by atoms with Crippen LogP contribution >= 0.6 is 0 Å². The number of aliphatic hydroxyl groups excluding tert-OH is 1. The van der Waals surface area contributed by atoms with Gasteiger partial charge in [0.2, 0.25) is 0 Å². The Morgan fingerprint density at radius 1 is 1.32 bits per heavy atom. The third kappa shape index (κ3) is 5.11. The van der Waals surface area contributed by atoms with E-state index < -0.39 is 6.10 Å². The summed E-state index contributed by atoms with van der Waals surface area (Å²) >= 11 is 0. The second-order valence-corrected chi connectivity index (χ2v) is 6.40. The highest BCUT2D eigenvalue weighted by Crippen LogP contribution is 2.13. The lowest BCUT2D eigenvalue weighted by Crippen LogP contribution is -3.14. The average Bonchev–Trinajstić information content (AvgIpc) is 2.55. The van der Waals surface area contributed by atoms with E-state index in [1.165, 1.54) is 17.7 Å². The number of ketones is 1. The Morgan fingerprint density at radius 3 is 2.55 bits per heavy atom. The third-order valence-corrected chi connectivity index (χ3v) is 4.45. The molecular weight excluding hydrogens is 278 g/mol. The van der Waals surface area contributed by atoms with Gasteiger partial charge in [0.25, 0.3) is 0 Å². The molecular formula is C18H28NO3+. The predicted octanol–water partition coefficient (Wildman–Crippen LogP) is 1.33. The lowest BCUT2D eigenvalue weighted by molar-refractivity contribution is -0.909. The van der Waals surface area contributed by atoms with Crippen LogP contribution in [0.5, 0.6) is 5.75 Å². The lowest BCUT2D eigenvalue weighted by Gasteiger charge is -2.28. The molecule has 0 saturated carbocycles. The van der Waals surface area contributed by atoms with Crippen molar-refractivity contribution in [2.75, 3.05) is 26.2 Å². The molecule has 1 aliphatic heterocycles. The van der Waals surface area contributed by atoms with E-state index in [1.54, 1.807) is 24.3 Å². The number of benzene rings is 1. The van der Waals surface area contributed by atoms with Crippen LogP contribution in [0.25, 0.3) is 0 Å². The molecule has 4 heteroatoms. The van der Waals surface area contributed by atoms with E-state index in [4.69, 9.17) is 4.74 Å². The number of Topliss-reactive ketones (excluding diaryl/α,β-unsaturated/α-hetero) is 1. The Balaban J connectivity index is 1.74. The average molecular weight is 306 g/mol. The summed E-state index contributed by atoms with van der Waals surface area (Å²) in [7, 11) is 0. The molecule has 2 N–H and O–H groups in total. The van der Waals surface area contributed by atoms with Crippen LogP contribution in [0.1, 0.15) is 43.5 Å². The third-order valence-electron chi connectivity index (χ3n) is 4.45. The van der Waals surface area contributed by atoms with Gasteiger partial charge in [-0.2, -0.15) is 0 Å². The van der Waals surface area contributed by atoms with Crippen molar-refractivity contribution in [3.05, 3.63) is 29.8 Å². The highest BCUT2D eigenvalue weighted by atomic mass is 16.5. The van der Waals surface area contributed by atoms with Gasteiger partial charge in [-0.1, -0.05) is 13.8 Å². The summed E-state index contributed by atoms with van der Waals surface area (Å²) in [5, 5.41) is 10.1. The quantitative estimate of drug-likeness (QED) is 0.747. The van der Waals surface area contributed by atoms with E-state index in [2.05, 4.69) is 6.92 Å². The standard InChI is InChI=1S/C18H27NO3/c1-3-18(21)15-4-6-17(7-5-15)22-13-16(20)12-19-10-8-14(2)9-11-19/h4-7,14,16,20H,3,8-13H2,1-2H3/p+1/t16-/m1/s1. The highest BCUT2D eigenvalue weighted by Gasteiger charge is 2.21. The highest BCUT2D eigenvalue weighted by molar-refractivity contribution is 5.95. The smallest absolute Gasteiger partial charge is 0.162 e. The topological polar surface area (TPSA) is 51.0 Å². The fourth-order valence-corrected chi connectivity index (χ4v) is 2.90. The van der Waals surface area contributed by atoms with E-state index in [0.717, 1.165) is 25.6 Å². The first kappa shape index (κ1) is 17.0. The number of aliphatic hydroxyl groups is 1. The Labute approximate surface area is 133 Å². The first-order valence-electron chi connectivity index (χ1n) is 8.36. The first-order valence-corrected chi connectivity index (χ1v) is 8.36. The van der Waals surface area contributed by atoms with Crippen molar-refractivity contribution in [1.82, 2.24) is 0 Å². The van der Waals surface area contributed by atoms with E-state index in [1.807, 2.05) is 6.92 Å². The van der Waals surface area contributed by atoms with Gasteiger partial charge in [0, 0.05) is 12.0 Å². The molecule has 1 atom stereocenters. The SMILES string of the molecule is CCC(=O)c1ccc(OC[C@H](O)C[NH+]2CCC(C)CC2)cc1. The maximum Gasteiger partial charge on any atom is 0.162 e. The summed E-state index contributed by atoms with van der Waals surface area (Å²) in [5.41, 5.74) is 0.710. The molecule has 0 unspecified atom stereocenters. The second-order valence-electron chi connectivity index (χ2n) is 6.40. The van der Waals surface area contributed by atoms with Crippen LogP contribution in [0, 0.1) is 5.92 Å². The van der Waals surface area contributed by atoms with E-state index in [0.29, 0.717) is 24.3 Å². The van der Waals surface area contributed by atoms with Crippen LogP contribution in [-0.2, 0) is 0 Å². The van der Waals surface area contributed by atoms with Crippen molar-refractivity contribution in [3.63, 3.8) is 0 Å². The maximum atomic E-state index is 11.6. The number of piperidine rings is 1. The van der Waals surface area contributed by atoms with Gasteiger partial charge in [-0.05, 0) is 43.0 Å². The van der Waals surface area contributed by atoms with Gasteiger partial charge in [0.1, 0.15) is 25.0 Å². The number of ether oxygens (including phenoxy) is 1. The Bertz CT molecular complexity index is 464. The van der Waals surface area contributed by atoms with Gasteiger partial charge in [0.05, 0.1) is 13.1 Å². The van der Waals surface area contributed by atoms with Gasteiger partial charge < -0.3 is 14.7 Å². The minimum absolute atomic E-state index is 0.134. The molecule has 0 bridgehead atoms. The molecule has 4 nitrogen and oxygen atoms in total. The summed E-state index contributed by atoms with van der Waals surface area (Å²) in [6.45, 7) is 7.49. The molecule has 1 aliphatic rings. The lowest BCUT2D eigenvalue weighted by atomic mass is 9.99. The monoisotopic (exact) mass is 306 g/mol. The summed E-state index contributed by atoms with van der Waals surface area (Å²) in [5.74, 6) is 1.66. The largest absolute Gasteiger partial charge is 0.491 e. The van der Waals surface area contributed by atoms with Gasteiger partial charge in [-0.15, -0.1) is 0 Å². The first-order chi connectivity index (χ1) is 10.6. The van der Waals surface area contributed by atoms with Crippen LogP contribution in [0.2, 0.25) is 0 Å². The van der Waals surface area contributed by atoms with Crippen molar-refractivity contribution >= 4 is 5.78 Å². The molecule has 1 heterocycles. The molecule has 2 rings (SSSR count). The second kappa shape index (κ2) is 8.30. The van der Waals surface area contributed by atoms with Gasteiger partial charge in [-0.25, -0.2) is 0 Å². The molecule has 22 heavy (non-hydrogen) atoms. The van der Waals surface area contributed by atoms with E-state index in [9.17, 15) is 9.90 Å². The molecule has 1 aromatic carbocycles. The minimum Gasteiger partial charge on any atom is -0.491 e. The molecule has 0 amide bonds.